The maximum Gasteiger partial charge on any atom is 0.345 e. The molecular weight excluding hydrogens is 497 g/mol. The van der Waals surface area contributed by atoms with Crippen LogP contribution in [-0.4, -0.2) is 69.2 Å². The van der Waals surface area contributed by atoms with E-state index in [0.29, 0.717) is 43.7 Å². The van der Waals surface area contributed by atoms with Crippen LogP contribution in [0.15, 0.2) is 61.8 Å². The van der Waals surface area contributed by atoms with Gasteiger partial charge in [0.2, 0.25) is 5.43 Å². The van der Waals surface area contributed by atoms with Crippen LogP contribution in [0.4, 0.5) is 10.2 Å². The number of oxime groups is 1. The maximum atomic E-state index is 15.1. The number of anilines is 1. The summed E-state index contributed by atoms with van der Waals surface area (Å²) in [5.74, 6) is -2.04. The van der Waals surface area contributed by atoms with Crippen molar-refractivity contribution in [2.75, 3.05) is 37.6 Å². The van der Waals surface area contributed by atoms with Crippen LogP contribution in [0.5, 0.6) is 0 Å². The second-order valence-electron chi connectivity index (χ2n) is 8.92. The molecule has 0 radical (unpaired) electrons. The number of nitrogens with zero attached hydrogens (tertiary/aromatic N) is 5. The molecule has 11 nitrogen and oxygen atoms in total. The molecule has 0 unspecified atom stereocenters. The molecule has 196 valence electrons. The highest BCUT2D eigenvalue weighted by atomic mass is 19.1. The number of aromatic carboxylic acids is 1. The van der Waals surface area contributed by atoms with Crippen molar-refractivity contribution in [1.82, 2.24) is 14.5 Å². The van der Waals surface area contributed by atoms with Crippen molar-refractivity contribution in [3.8, 4) is 0 Å². The third kappa shape index (κ3) is 4.50. The van der Waals surface area contributed by atoms with Crippen LogP contribution in [0, 0.1) is 5.82 Å². The van der Waals surface area contributed by atoms with Gasteiger partial charge in [0.1, 0.15) is 22.5 Å². The lowest BCUT2D eigenvalue weighted by atomic mass is 10.1. The summed E-state index contributed by atoms with van der Waals surface area (Å²) >= 11 is 0. The average molecular weight is 522 g/mol. The standard InChI is InChI=1S/C26H24FN5O6/c1-2-31-13-18(25(34)35)22(33)17-12-19(27)24(28-23(17)31)32-9-7-30(8-10-32)14-20(29-37)16-11-15-5-3-4-6-21(15)38-26(16)36/h3-6,11-13,37H,2,7-10,14H2,1H3,(H,34,35)/b29-20-. The number of rotatable bonds is 6. The molecule has 1 aromatic carbocycles. The second-order valence-corrected chi connectivity index (χ2v) is 8.92. The lowest BCUT2D eigenvalue weighted by molar-refractivity contribution is 0.0695. The average Bonchev–Trinajstić information content (AvgIpc) is 2.92. The van der Waals surface area contributed by atoms with Crippen LogP contribution in [-0.2, 0) is 6.54 Å². The molecule has 12 heteroatoms. The highest BCUT2D eigenvalue weighted by Gasteiger charge is 2.25. The molecule has 1 fully saturated rings. The Kier molecular flexibility index (Phi) is 6.64. The summed E-state index contributed by atoms with van der Waals surface area (Å²) < 4.78 is 22.0. The van der Waals surface area contributed by atoms with E-state index in [1.165, 1.54) is 10.8 Å². The van der Waals surface area contributed by atoms with Crippen LogP contribution in [0.2, 0.25) is 0 Å². The fraction of sp³-hybridized carbons (Fsp3) is 0.269. The Balaban J connectivity index is 1.36. The normalized spacial score (nSPS) is 14.9. The number of aromatic nitrogens is 2. The first kappa shape index (κ1) is 25.1. The summed E-state index contributed by atoms with van der Waals surface area (Å²) in [7, 11) is 0. The Bertz CT molecular complexity index is 1700. The third-order valence-electron chi connectivity index (χ3n) is 6.67. The van der Waals surface area contributed by atoms with Crippen molar-refractivity contribution in [2.24, 2.45) is 5.16 Å². The quantitative estimate of drug-likeness (QED) is 0.169. The van der Waals surface area contributed by atoms with Gasteiger partial charge in [-0.1, -0.05) is 23.4 Å². The van der Waals surface area contributed by atoms with Crippen LogP contribution in [0.3, 0.4) is 0 Å². The Morgan fingerprint density at radius 3 is 2.55 bits per heavy atom. The molecule has 0 atom stereocenters. The first-order valence-electron chi connectivity index (χ1n) is 12.0. The Labute approximate surface area is 214 Å². The molecule has 0 amide bonds. The Hall–Kier alpha value is -4.58. The molecule has 0 bridgehead atoms. The molecule has 5 rings (SSSR count). The summed E-state index contributed by atoms with van der Waals surface area (Å²) in [6.07, 6.45) is 1.22. The van der Waals surface area contributed by atoms with Gasteiger partial charge < -0.3 is 24.2 Å². The van der Waals surface area contributed by atoms with Crippen LogP contribution < -0.4 is 16.0 Å². The third-order valence-corrected chi connectivity index (χ3v) is 6.67. The van der Waals surface area contributed by atoms with E-state index in [4.69, 9.17) is 4.42 Å². The topological polar surface area (TPSA) is 141 Å². The largest absolute Gasteiger partial charge is 0.477 e. The van der Waals surface area contributed by atoms with Gasteiger partial charge in [-0.15, -0.1) is 0 Å². The smallest absolute Gasteiger partial charge is 0.345 e. The van der Waals surface area contributed by atoms with E-state index in [9.17, 15) is 24.7 Å². The fourth-order valence-electron chi connectivity index (χ4n) is 4.66. The van der Waals surface area contributed by atoms with Gasteiger partial charge in [0, 0.05) is 50.9 Å². The molecule has 0 spiro atoms. The fourth-order valence-corrected chi connectivity index (χ4v) is 4.66. The van der Waals surface area contributed by atoms with Gasteiger partial charge in [-0.25, -0.2) is 19.0 Å². The minimum absolute atomic E-state index is 0.0630. The van der Waals surface area contributed by atoms with Crippen molar-refractivity contribution >= 4 is 39.5 Å². The SMILES string of the molecule is CCn1cc(C(=O)O)c(=O)c2cc(F)c(N3CCN(C/C(=N/O)c4cc5ccccc5oc4=O)CC3)nc21. The summed E-state index contributed by atoms with van der Waals surface area (Å²) in [5.41, 5.74) is -0.865. The highest BCUT2D eigenvalue weighted by molar-refractivity contribution is 6.03. The molecule has 0 saturated carbocycles. The predicted octanol–water partition coefficient (Wildman–Crippen LogP) is 2.36. The number of fused-ring (bicyclic) bond motifs is 2. The highest BCUT2D eigenvalue weighted by Crippen LogP contribution is 2.23. The number of halogens is 1. The number of piperazine rings is 1. The molecule has 1 saturated heterocycles. The summed E-state index contributed by atoms with van der Waals surface area (Å²) in [6.45, 7) is 3.96. The van der Waals surface area contributed by atoms with Gasteiger partial charge in [0.15, 0.2) is 11.6 Å². The van der Waals surface area contributed by atoms with Crippen molar-refractivity contribution in [3.05, 3.63) is 80.2 Å². The predicted molar refractivity (Wildman–Crippen MR) is 138 cm³/mol. The zero-order valence-electron chi connectivity index (χ0n) is 20.4. The van der Waals surface area contributed by atoms with Crippen molar-refractivity contribution < 1.29 is 23.9 Å². The molecule has 0 aliphatic carbocycles. The van der Waals surface area contributed by atoms with E-state index in [0.717, 1.165) is 6.07 Å². The zero-order chi connectivity index (χ0) is 27.0. The van der Waals surface area contributed by atoms with Gasteiger partial charge in [-0.05, 0) is 25.1 Å². The van der Waals surface area contributed by atoms with Crippen LogP contribution in [0.1, 0.15) is 22.8 Å². The van der Waals surface area contributed by atoms with Crippen LogP contribution >= 0.6 is 0 Å². The van der Waals surface area contributed by atoms with Gasteiger partial charge in [0.05, 0.1) is 10.9 Å². The summed E-state index contributed by atoms with van der Waals surface area (Å²) in [4.78, 5) is 44.6. The van der Waals surface area contributed by atoms with Gasteiger partial charge >= 0.3 is 11.6 Å². The lowest BCUT2D eigenvalue weighted by Crippen LogP contribution is -2.49. The van der Waals surface area contributed by atoms with E-state index in [2.05, 4.69) is 10.1 Å². The monoisotopic (exact) mass is 521 g/mol. The minimum atomic E-state index is -1.38. The molecule has 2 N–H and O–H groups in total. The molecule has 3 aromatic heterocycles. The first-order valence-corrected chi connectivity index (χ1v) is 12.0. The van der Waals surface area contributed by atoms with E-state index >= 15 is 4.39 Å². The van der Waals surface area contributed by atoms with Crippen LogP contribution in [0.25, 0.3) is 22.0 Å². The van der Waals surface area contributed by atoms with Crippen molar-refractivity contribution in [1.29, 1.82) is 0 Å². The Morgan fingerprint density at radius 1 is 1.13 bits per heavy atom. The molecule has 1 aliphatic rings. The molecule has 4 aromatic rings. The number of benzene rings is 1. The molecule has 4 heterocycles. The number of pyridine rings is 2. The second kappa shape index (κ2) is 10.1. The number of aryl methyl sites for hydroxylation is 1. The van der Waals surface area contributed by atoms with E-state index < -0.39 is 28.4 Å². The number of carboxylic acid groups (broad SMARTS) is 1. The lowest BCUT2D eigenvalue weighted by Gasteiger charge is -2.35. The van der Waals surface area contributed by atoms with E-state index in [1.54, 1.807) is 36.1 Å². The minimum Gasteiger partial charge on any atom is -0.477 e. The number of carboxylic acids is 1. The zero-order valence-corrected chi connectivity index (χ0v) is 20.4. The van der Waals surface area contributed by atoms with Crippen molar-refractivity contribution in [2.45, 2.75) is 13.5 Å². The summed E-state index contributed by atoms with van der Waals surface area (Å²) in [6, 6.07) is 9.71. The molecular formula is C26H24FN5O6. The van der Waals surface area contributed by atoms with Gasteiger partial charge in [-0.3, -0.25) is 9.69 Å². The van der Waals surface area contributed by atoms with E-state index in [-0.39, 0.29) is 34.7 Å². The van der Waals surface area contributed by atoms with Gasteiger partial charge in [0.25, 0.3) is 0 Å². The number of carbonyl (C=O) groups is 1. The molecule has 38 heavy (non-hydrogen) atoms. The molecule has 1 aliphatic heterocycles. The van der Waals surface area contributed by atoms with E-state index in [1.807, 2.05) is 11.0 Å². The van der Waals surface area contributed by atoms with Gasteiger partial charge in [-0.2, -0.15) is 0 Å². The Morgan fingerprint density at radius 2 is 1.87 bits per heavy atom. The van der Waals surface area contributed by atoms with Crippen molar-refractivity contribution in [3.63, 3.8) is 0 Å². The summed E-state index contributed by atoms with van der Waals surface area (Å²) in [5, 5.41) is 22.9. The number of hydrogen-bond donors (Lipinski definition) is 2. The number of para-hydroxylation sites is 1. The first-order chi connectivity index (χ1) is 18.3. The number of hydrogen-bond acceptors (Lipinski definition) is 9. The maximum absolute atomic E-state index is 15.1.